The Hall–Kier alpha value is -3.49. The molecule has 0 saturated carbocycles. The van der Waals surface area contributed by atoms with E-state index in [-0.39, 0.29) is 11.9 Å². The largest absolute Gasteiger partial charge is 0.462 e. The summed E-state index contributed by atoms with van der Waals surface area (Å²) in [4.78, 5) is 33.3. The number of piperazine rings is 1. The number of carbonyl (C=O) groups is 2. The smallest absolute Gasteiger partial charge is 0.338 e. The van der Waals surface area contributed by atoms with Crippen LogP contribution in [0.5, 0.6) is 0 Å². The van der Waals surface area contributed by atoms with Crippen LogP contribution in [0.15, 0.2) is 67.0 Å². The van der Waals surface area contributed by atoms with E-state index in [0.29, 0.717) is 24.4 Å². The highest BCUT2D eigenvalue weighted by Gasteiger charge is 2.19. The minimum atomic E-state index is -0.359. The van der Waals surface area contributed by atoms with Gasteiger partial charge in [0.1, 0.15) is 5.82 Å². The molecule has 8 heteroatoms. The predicted octanol–water partition coefficient (Wildman–Crippen LogP) is 2.98. The first-order valence-corrected chi connectivity index (χ1v) is 11.7. The summed E-state index contributed by atoms with van der Waals surface area (Å²) in [6.45, 7) is 7.85. The van der Waals surface area contributed by atoms with Gasteiger partial charge in [-0.1, -0.05) is 30.3 Å². The molecule has 8 nitrogen and oxygen atoms in total. The number of imidazole rings is 1. The third kappa shape index (κ3) is 6.30. The molecule has 1 fully saturated rings. The molecule has 1 aliphatic rings. The molecule has 1 N–H and O–H groups in total. The first-order valence-electron chi connectivity index (χ1n) is 11.7. The number of carbonyl (C=O) groups excluding carboxylic acids is 2. The molecule has 2 aromatic carbocycles. The van der Waals surface area contributed by atoms with E-state index in [4.69, 9.17) is 4.74 Å². The number of amides is 1. The standard InChI is InChI=1S/C26H31N5O3/c1-2-34-26(33)22-8-10-23(11-9-22)28-24(32)20-30-16-14-29(15-17-30)18-19-31-13-12-27-25(31)21-6-4-3-5-7-21/h3-13H,2,14-20H2,1H3,(H,28,32). The summed E-state index contributed by atoms with van der Waals surface area (Å²) in [7, 11) is 0. The van der Waals surface area contributed by atoms with Crippen molar-refractivity contribution in [2.24, 2.45) is 0 Å². The Morgan fingerprint density at radius 2 is 1.65 bits per heavy atom. The molecule has 3 aromatic rings. The second-order valence-corrected chi connectivity index (χ2v) is 8.27. The van der Waals surface area contributed by atoms with Gasteiger partial charge in [0.2, 0.25) is 5.91 Å². The lowest BCUT2D eigenvalue weighted by molar-refractivity contribution is -0.117. The quantitative estimate of drug-likeness (QED) is 0.494. The number of rotatable bonds is 9. The minimum absolute atomic E-state index is 0.0525. The summed E-state index contributed by atoms with van der Waals surface area (Å²) in [5.74, 6) is 0.581. The van der Waals surface area contributed by atoms with Crippen LogP contribution in [0.4, 0.5) is 5.69 Å². The van der Waals surface area contributed by atoms with Crippen molar-refractivity contribution >= 4 is 17.6 Å². The summed E-state index contributed by atoms with van der Waals surface area (Å²) >= 11 is 0. The van der Waals surface area contributed by atoms with Crippen LogP contribution in [-0.4, -0.2) is 77.1 Å². The Bertz CT molecular complexity index is 1070. The summed E-state index contributed by atoms with van der Waals surface area (Å²) in [5, 5.41) is 2.91. The van der Waals surface area contributed by atoms with Gasteiger partial charge in [-0.3, -0.25) is 14.6 Å². The van der Waals surface area contributed by atoms with Gasteiger partial charge in [-0.15, -0.1) is 0 Å². The van der Waals surface area contributed by atoms with Gasteiger partial charge in [0.25, 0.3) is 0 Å². The molecule has 178 valence electrons. The number of aromatic nitrogens is 2. The number of nitrogens with one attached hydrogen (secondary N) is 1. The van der Waals surface area contributed by atoms with E-state index < -0.39 is 0 Å². The molecule has 2 heterocycles. The lowest BCUT2D eigenvalue weighted by Crippen LogP contribution is -2.49. The number of anilines is 1. The number of benzene rings is 2. The van der Waals surface area contributed by atoms with Crippen LogP contribution in [0, 0.1) is 0 Å². The Labute approximate surface area is 200 Å². The van der Waals surface area contributed by atoms with Crippen LogP contribution in [0.3, 0.4) is 0 Å². The number of hydrogen-bond acceptors (Lipinski definition) is 6. The molecule has 0 radical (unpaired) electrons. The maximum absolute atomic E-state index is 12.5. The van der Waals surface area contributed by atoms with Crippen molar-refractivity contribution in [2.45, 2.75) is 13.5 Å². The van der Waals surface area contributed by atoms with E-state index in [1.54, 1.807) is 31.2 Å². The highest BCUT2D eigenvalue weighted by molar-refractivity contribution is 5.94. The van der Waals surface area contributed by atoms with Crippen LogP contribution in [0.2, 0.25) is 0 Å². The Morgan fingerprint density at radius 3 is 2.35 bits per heavy atom. The summed E-state index contributed by atoms with van der Waals surface area (Å²) in [6.07, 6.45) is 3.88. The second-order valence-electron chi connectivity index (χ2n) is 8.27. The van der Waals surface area contributed by atoms with Gasteiger partial charge in [0, 0.05) is 62.9 Å². The maximum Gasteiger partial charge on any atom is 0.338 e. The highest BCUT2D eigenvalue weighted by atomic mass is 16.5. The van der Waals surface area contributed by atoms with Crippen molar-refractivity contribution in [1.29, 1.82) is 0 Å². The highest BCUT2D eigenvalue weighted by Crippen LogP contribution is 2.17. The van der Waals surface area contributed by atoms with Crippen LogP contribution in [-0.2, 0) is 16.1 Å². The summed E-state index contributed by atoms with van der Waals surface area (Å²) in [6, 6.07) is 17.0. The molecule has 0 aliphatic carbocycles. The Balaban J connectivity index is 1.19. The number of esters is 1. The normalized spacial score (nSPS) is 14.6. The summed E-state index contributed by atoms with van der Waals surface area (Å²) in [5.41, 5.74) is 2.27. The molecule has 1 saturated heterocycles. The van der Waals surface area contributed by atoms with Crippen molar-refractivity contribution in [2.75, 3.05) is 51.2 Å². The first kappa shape index (κ1) is 23.7. The van der Waals surface area contributed by atoms with Crippen LogP contribution in [0.25, 0.3) is 11.4 Å². The number of hydrogen-bond donors (Lipinski definition) is 1. The molecule has 4 rings (SSSR count). The van der Waals surface area contributed by atoms with Crippen LogP contribution < -0.4 is 5.32 Å². The average molecular weight is 462 g/mol. The predicted molar refractivity (Wildman–Crippen MR) is 132 cm³/mol. The lowest BCUT2D eigenvalue weighted by Gasteiger charge is -2.34. The molecule has 0 spiro atoms. The van der Waals surface area contributed by atoms with Gasteiger partial charge in [0.15, 0.2) is 0 Å². The third-order valence-electron chi connectivity index (χ3n) is 5.92. The van der Waals surface area contributed by atoms with Crippen molar-refractivity contribution in [1.82, 2.24) is 19.4 Å². The fourth-order valence-corrected chi connectivity index (χ4v) is 4.07. The van der Waals surface area contributed by atoms with E-state index in [1.165, 1.54) is 0 Å². The van der Waals surface area contributed by atoms with E-state index in [9.17, 15) is 9.59 Å². The molecular formula is C26H31N5O3. The fraction of sp³-hybridized carbons (Fsp3) is 0.346. The molecule has 1 aliphatic heterocycles. The molecule has 0 bridgehead atoms. The van der Waals surface area contributed by atoms with Gasteiger partial charge in [-0.25, -0.2) is 9.78 Å². The van der Waals surface area contributed by atoms with Gasteiger partial charge in [-0.05, 0) is 31.2 Å². The fourth-order valence-electron chi connectivity index (χ4n) is 4.07. The van der Waals surface area contributed by atoms with Gasteiger partial charge < -0.3 is 14.6 Å². The Kier molecular flexibility index (Phi) is 8.06. The number of ether oxygens (including phenoxy) is 1. The van der Waals surface area contributed by atoms with Gasteiger partial charge >= 0.3 is 5.97 Å². The molecular weight excluding hydrogens is 430 g/mol. The maximum atomic E-state index is 12.5. The topological polar surface area (TPSA) is 79.7 Å². The van der Waals surface area contributed by atoms with Crippen molar-refractivity contribution in [3.05, 3.63) is 72.6 Å². The van der Waals surface area contributed by atoms with E-state index >= 15 is 0 Å². The Morgan fingerprint density at radius 1 is 0.941 bits per heavy atom. The monoisotopic (exact) mass is 461 g/mol. The zero-order valence-corrected chi connectivity index (χ0v) is 19.5. The lowest BCUT2D eigenvalue weighted by atomic mass is 10.2. The van der Waals surface area contributed by atoms with Crippen LogP contribution >= 0.6 is 0 Å². The zero-order chi connectivity index (χ0) is 23.8. The molecule has 0 atom stereocenters. The minimum Gasteiger partial charge on any atom is -0.462 e. The van der Waals surface area contributed by atoms with E-state index in [1.807, 2.05) is 30.6 Å². The molecule has 34 heavy (non-hydrogen) atoms. The van der Waals surface area contributed by atoms with E-state index in [0.717, 1.165) is 50.7 Å². The molecule has 0 unspecified atom stereocenters. The summed E-state index contributed by atoms with van der Waals surface area (Å²) < 4.78 is 7.18. The first-order chi connectivity index (χ1) is 16.6. The van der Waals surface area contributed by atoms with Crippen molar-refractivity contribution < 1.29 is 14.3 Å². The molecule has 1 aromatic heterocycles. The zero-order valence-electron chi connectivity index (χ0n) is 19.5. The SMILES string of the molecule is CCOC(=O)c1ccc(NC(=O)CN2CCN(CCn3ccnc3-c3ccccc3)CC2)cc1. The second kappa shape index (κ2) is 11.6. The van der Waals surface area contributed by atoms with E-state index in [2.05, 4.69) is 36.8 Å². The van der Waals surface area contributed by atoms with Crippen molar-refractivity contribution in [3.63, 3.8) is 0 Å². The van der Waals surface area contributed by atoms with Crippen LogP contribution in [0.1, 0.15) is 17.3 Å². The average Bonchev–Trinajstić information content (AvgIpc) is 3.33. The van der Waals surface area contributed by atoms with Crippen molar-refractivity contribution in [3.8, 4) is 11.4 Å². The molecule has 1 amide bonds. The third-order valence-corrected chi connectivity index (χ3v) is 5.92. The number of nitrogens with zero attached hydrogens (tertiary/aromatic N) is 4. The van der Waals surface area contributed by atoms with Gasteiger partial charge in [0.05, 0.1) is 18.7 Å². The van der Waals surface area contributed by atoms with Gasteiger partial charge in [-0.2, -0.15) is 0 Å².